The van der Waals surface area contributed by atoms with Crippen LogP contribution in [0.5, 0.6) is 0 Å². The van der Waals surface area contributed by atoms with Gasteiger partial charge in [0.05, 0.1) is 6.26 Å². The number of aromatic nitrogens is 1. The van der Waals surface area contributed by atoms with E-state index in [2.05, 4.69) is 22.5 Å². The van der Waals surface area contributed by atoms with Gasteiger partial charge in [-0.1, -0.05) is 0 Å². The molecule has 1 unspecified atom stereocenters. The number of rotatable bonds is 7. The molecule has 1 amide bonds. The van der Waals surface area contributed by atoms with Crippen LogP contribution in [0.3, 0.4) is 0 Å². The van der Waals surface area contributed by atoms with Gasteiger partial charge in [-0.3, -0.25) is 9.78 Å². The van der Waals surface area contributed by atoms with Crippen molar-refractivity contribution in [3.63, 3.8) is 0 Å². The van der Waals surface area contributed by atoms with Crippen LogP contribution in [-0.4, -0.2) is 23.5 Å². The highest BCUT2D eigenvalue weighted by Crippen LogP contribution is 2.13. The Morgan fingerprint density at radius 3 is 3.00 bits per heavy atom. The van der Waals surface area contributed by atoms with E-state index < -0.39 is 0 Å². The Hall–Kier alpha value is -2.30. The number of carbonyl (C=O) groups is 1. The number of nitrogens with one attached hydrogen (secondary N) is 2. The second-order valence-electron chi connectivity index (χ2n) is 4.95. The van der Waals surface area contributed by atoms with Crippen LogP contribution < -0.4 is 10.6 Å². The molecule has 0 aliphatic heterocycles. The smallest absolute Gasteiger partial charge is 0.269 e. The number of amides is 1. The van der Waals surface area contributed by atoms with Gasteiger partial charge < -0.3 is 15.1 Å². The fourth-order valence-electron chi connectivity index (χ4n) is 2.07. The summed E-state index contributed by atoms with van der Waals surface area (Å²) in [6.07, 6.45) is 5.17. The van der Waals surface area contributed by atoms with Gasteiger partial charge in [-0.25, -0.2) is 0 Å². The van der Waals surface area contributed by atoms with Crippen molar-refractivity contribution in [3.8, 4) is 0 Å². The van der Waals surface area contributed by atoms with Gasteiger partial charge >= 0.3 is 0 Å². The SMILES string of the molecule is CCNC(=O)c1cc(NC(C)CCc2ccco2)ccn1. The first-order valence-electron chi connectivity index (χ1n) is 7.22. The summed E-state index contributed by atoms with van der Waals surface area (Å²) < 4.78 is 5.32. The molecule has 2 heterocycles. The monoisotopic (exact) mass is 287 g/mol. The molecule has 2 aromatic heterocycles. The molecule has 0 aliphatic carbocycles. The predicted molar refractivity (Wildman–Crippen MR) is 82.4 cm³/mol. The van der Waals surface area contributed by atoms with Gasteiger partial charge in [0.2, 0.25) is 0 Å². The molecule has 2 N–H and O–H groups in total. The lowest BCUT2D eigenvalue weighted by molar-refractivity contribution is 0.0951. The van der Waals surface area contributed by atoms with Crippen molar-refractivity contribution in [3.05, 3.63) is 48.2 Å². The lowest BCUT2D eigenvalue weighted by Gasteiger charge is -2.15. The van der Waals surface area contributed by atoms with Gasteiger partial charge in [-0.15, -0.1) is 0 Å². The number of carbonyl (C=O) groups excluding carboxylic acids is 1. The summed E-state index contributed by atoms with van der Waals surface area (Å²) in [7, 11) is 0. The predicted octanol–water partition coefficient (Wildman–Crippen LogP) is 2.86. The van der Waals surface area contributed by atoms with E-state index in [-0.39, 0.29) is 11.9 Å². The number of nitrogens with zero attached hydrogens (tertiary/aromatic N) is 1. The summed E-state index contributed by atoms with van der Waals surface area (Å²) in [5, 5.41) is 6.12. The zero-order valence-electron chi connectivity index (χ0n) is 12.4. The Balaban J connectivity index is 1.89. The second kappa shape index (κ2) is 7.47. The third kappa shape index (κ3) is 4.63. The lowest BCUT2D eigenvalue weighted by Crippen LogP contribution is -2.24. The number of aryl methyl sites for hydroxylation is 1. The van der Waals surface area contributed by atoms with Crippen molar-refractivity contribution in [1.82, 2.24) is 10.3 Å². The van der Waals surface area contributed by atoms with Gasteiger partial charge in [0.25, 0.3) is 5.91 Å². The van der Waals surface area contributed by atoms with E-state index in [9.17, 15) is 4.79 Å². The van der Waals surface area contributed by atoms with Crippen LogP contribution in [0.25, 0.3) is 0 Å². The van der Waals surface area contributed by atoms with E-state index in [1.807, 2.05) is 25.1 Å². The number of hydrogen-bond acceptors (Lipinski definition) is 4. The number of anilines is 1. The van der Waals surface area contributed by atoms with Crippen molar-refractivity contribution in [1.29, 1.82) is 0 Å². The molecule has 2 aromatic rings. The number of hydrogen-bond donors (Lipinski definition) is 2. The van der Waals surface area contributed by atoms with Crippen LogP contribution in [0.2, 0.25) is 0 Å². The topological polar surface area (TPSA) is 67.2 Å². The summed E-state index contributed by atoms with van der Waals surface area (Å²) in [5.41, 5.74) is 1.33. The molecule has 0 saturated heterocycles. The van der Waals surface area contributed by atoms with Crippen molar-refractivity contribution in [2.45, 2.75) is 32.7 Å². The maximum atomic E-state index is 11.8. The normalized spacial score (nSPS) is 11.9. The summed E-state index contributed by atoms with van der Waals surface area (Å²) >= 11 is 0. The molecule has 0 spiro atoms. The van der Waals surface area contributed by atoms with Gasteiger partial charge in [-0.05, 0) is 44.5 Å². The molecule has 5 nitrogen and oxygen atoms in total. The number of furan rings is 1. The van der Waals surface area contributed by atoms with E-state index in [4.69, 9.17) is 4.42 Å². The lowest BCUT2D eigenvalue weighted by atomic mass is 10.1. The van der Waals surface area contributed by atoms with Crippen LogP contribution in [0.15, 0.2) is 41.1 Å². The first-order chi connectivity index (χ1) is 10.2. The molecule has 5 heteroatoms. The quantitative estimate of drug-likeness (QED) is 0.821. The first-order valence-corrected chi connectivity index (χ1v) is 7.22. The van der Waals surface area contributed by atoms with Crippen LogP contribution in [-0.2, 0) is 6.42 Å². The summed E-state index contributed by atoms with van der Waals surface area (Å²) in [6.45, 7) is 4.59. The minimum Gasteiger partial charge on any atom is -0.469 e. The molecule has 0 saturated carbocycles. The molecule has 0 bridgehead atoms. The van der Waals surface area contributed by atoms with Crippen molar-refractivity contribution in [2.75, 3.05) is 11.9 Å². The van der Waals surface area contributed by atoms with Crippen molar-refractivity contribution >= 4 is 11.6 Å². The van der Waals surface area contributed by atoms with E-state index >= 15 is 0 Å². The maximum absolute atomic E-state index is 11.8. The van der Waals surface area contributed by atoms with E-state index in [1.165, 1.54) is 0 Å². The maximum Gasteiger partial charge on any atom is 0.269 e. The molecule has 2 rings (SSSR count). The minimum absolute atomic E-state index is 0.149. The van der Waals surface area contributed by atoms with E-state index in [0.29, 0.717) is 12.2 Å². The van der Waals surface area contributed by atoms with Gasteiger partial charge in [0.1, 0.15) is 11.5 Å². The molecule has 112 valence electrons. The Kier molecular flexibility index (Phi) is 5.37. The summed E-state index contributed by atoms with van der Waals surface area (Å²) in [6, 6.07) is 7.79. The second-order valence-corrected chi connectivity index (χ2v) is 4.95. The largest absolute Gasteiger partial charge is 0.469 e. The third-order valence-electron chi connectivity index (χ3n) is 3.15. The highest BCUT2D eigenvalue weighted by atomic mass is 16.3. The fourth-order valence-corrected chi connectivity index (χ4v) is 2.07. The van der Waals surface area contributed by atoms with Crippen LogP contribution in [0.1, 0.15) is 36.5 Å². The third-order valence-corrected chi connectivity index (χ3v) is 3.15. The highest BCUT2D eigenvalue weighted by Gasteiger charge is 2.08. The van der Waals surface area contributed by atoms with Crippen LogP contribution >= 0.6 is 0 Å². The Labute approximate surface area is 124 Å². The highest BCUT2D eigenvalue weighted by molar-refractivity contribution is 5.93. The average molecular weight is 287 g/mol. The molecule has 0 fully saturated rings. The Morgan fingerprint density at radius 2 is 2.29 bits per heavy atom. The summed E-state index contributed by atoms with van der Waals surface area (Å²) in [4.78, 5) is 15.8. The molecule has 0 radical (unpaired) electrons. The Bertz CT molecular complexity index is 567. The molecular weight excluding hydrogens is 266 g/mol. The fraction of sp³-hybridized carbons (Fsp3) is 0.375. The average Bonchev–Trinajstić information content (AvgIpc) is 2.99. The van der Waals surface area contributed by atoms with Gasteiger partial charge in [-0.2, -0.15) is 0 Å². The van der Waals surface area contributed by atoms with Gasteiger partial charge in [0.15, 0.2) is 0 Å². The number of pyridine rings is 1. The molecule has 1 atom stereocenters. The van der Waals surface area contributed by atoms with E-state index in [0.717, 1.165) is 24.3 Å². The Morgan fingerprint density at radius 1 is 1.43 bits per heavy atom. The van der Waals surface area contributed by atoms with Crippen molar-refractivity contribution in [2.24, 2.45) is 0 Å². The summed E-state index contributed by atoms with van der Waals surface area (Å²) in [5.74, 6) is 0.839. The van der Waals surface area contributed by atoms with Crippen LogP contribution in [0.4, 0.5) is 5.69 Å². The van der Waals surface area contributed by atoms with Gasteiger partial charge in [0, 0.05) is 30.9 Å². The minimum atomic E-state index is -0.149. The first kappa shape index (κ1) is 15.1. The van der Waals surface area contributed by atoms with E-state index in [1.54, 1.807) is 18.5 Å². The molecule has 0 aliphatic rings. The van der Waals surface area contributed by atoms with Crippen LogP contribution in [0, 0.1) is 0 Å². The standard InChI is InChI=1S/C16H21N3O2/c1-3-17-16(20)15-11-13(8-9-18-15)19-12(2)6-7-14-5-4-10-21-14/h4-5,8-12H,3,6-7H2,1-2H3,(H,17,20)(H,18,19). The van der Waals surface area contributed by atoms with Crippen molar-refractivity contribution < 1.29 is 9.21 Å². The molecule has 21 heavy (non-hydrogen) atoms. The zero-order valence-corrected chi connectivity index (χ0v) is 12.4. The molecule has 0 aromatic carbocycles. The molecular formula is C16H21N3O2. The zero-order chi connectivity index (χ0) is 15.1.